The molecular formula is C16H23N5O. The van der Waals surface area contributed by atoms with Crippen LogP contribution in [0, 0.1) is 0 Å². The average Bonchev–Trinajstić information content (AvgIpc) is 2.95. The molecule has 1 aliphatic rings. The quantitative estimate of drug-likeness (QED) is 0.905. The van der Waals surface area contributed by atoms with Crippen LogP contribution in [0.2, 0.25) is 0 Å². The zero-order valence-corrected chi connectivity index (χ0v) is 13.2. The third-order valence-corrected chi connectivity index (χ3v) is 3.95. The lowest BCUT2D eigenvalue weighted by molar-refractivity contribution is -0.0134. The molecule has 1 atom stereocenters. The molecule has 6 heteroatoms. The topological polar surface area (TPSA) is 57.3 Å². The van der Waals surface area contributed by atoms with Crippen LogP contribution in [0.3, 0.4) is 0 Å². The maximum Gasteiger partial charge on any atom is 0.101 e. The first-order valence-electron chi connectivity index (χ1n) is 7.64. The van der Waals surface area contributed by atoms with Crippen LogP contribution in [0.4, 0.5) is 0 Å². The van der Waals surface area contributed by atoms with Gasteiger partial charge in [-0.3, -0.25) is 4.90 Å². The van der Waals surface area contributed by atoms with Gasteiger partial charge in [0.25, 0.3) is 0 Å². The van der Waals surface area contributed by atoms with Gasteiger partial charge in [-0.25, -0.2) is 0 Å². The van der Waals surface area contributed by atoms with Crippen LogP contribution < -0.4 is 0 Å². The lowest BCUT2D eigenvalue weighted by Crippen LogP contribution is -2.39. The second-order valence-corrected chi connectivity index (χ2v) is 5.93. The number of hydrogen-bond acceptors (Lipinski definition) is 5. The molecule has 6 nitrogen and oxygen atoms in total. The fraction of sp³-hybridized carbons (Fsp3) is 0.500. The summed E-state index contributed by atoms with van der Waals surface area (Å²) < 4.78 is 5.69. The minimum Gasteiger partial charge on any atom is -0.378 e. The van der Waals surface area contributed by atoms with Gasteiger partial charge in [0.2, 0.25) is 0 Å². The molecule has 118 valence electrons. The summed E-state index contributed by atoms with van der Waals surface area (Å²) >= 11 is 0. The Labute approximate surface area is 131 Å². The predicted molar refractivity (Wildman–Crippen MR) is 84.2 cm³/mol. The highest BCUT2D eigenvalue weighted by atomic mass is 16.5. The van der Waals surface area contributed by atoms with Crippen molar-refractivity contribution in [3.63, 3.8) is 0 Å². The molecule has 0 spiro atoms. The minimum atomic E-state index is 0.277. The normalized spacial score (nSPS) is 19.7. The molecule has 1 aromatic heterocycles. The lowest BCUT2D eigenvalue weighted by Gasteiger charge is -2.35. The molecular weight excluding hydrogens is 278 g/mol. The van der Waals surface area contributed by atoms with Crippen molar-refractivity contribution >= 4 is 0 Å². The van der Waals surface area contributed by atoms with Crippen molar-refractivity contribution < 1.29 is 4.74 Å². The fourth-order valence-electron chi connectivity index (χ4n) is 2.83. The highest BCUT2D eigenvalue weighted by Gasteiger charge is 2.26. The van der Waals surface area contributed by atoms with E-state index < -0.39 is 0 Å². The number of ether oxygens (including phenoxy) is 1. The van der Waals surface area contributed by atoms with Gasteiger partial charge in [0.1, 0.15) is 11.4 Å². The number of rotatable bonds is 5. The Morgan fingerprint density at radius 2 is 2.00 bits per heavy atom. The van der Waals surface area contributed by atoms with Crippen LogP contribution in [-0.4, -0.2) is 59.1 Å². The molecule has 1 aliphatic heterocycles. The zero-order chi connectivity index (χ0) is 15.4. The number of hydrogen-bond donors (Lipinski definition) is 1. The van der Waals surface area contributed by atoms with Crippen molar-refractivity contribution in [2.45, 2.75) is 19.1 Å². The van der Waals surface area contributed by atoms with Crippen molar-refractivity contribution in [2.24, 2.45) is 0 Å². The summed E-state index contributed by atoms with van der Waals surface area (Å²) in [4.78, 5) is 4.53. The summed E-state index contributed by atoms with van der Waals surface area (Å²) in [5, 5.41) is 11.4. The van der Waals surface area contributed by atoms with Crippen LogP contribution in [-0.2, 0) is 17.8 Å². The summed E-state index contributed by atoms with van der Waals surface area (Å²) in [6.07, 6.45) is 0. The Morgan fingerprint density at radius 3 is 2.77 bits per heavy atom. The molecule has 1 fully saturated rings. The van der Waals surface area contributed by atoms with E-state index in [4.69, 9.17) is 4.74 Å². The summed E-state index contributed by atoms with van der Waals surface area (Å²) in [6, 6.07) is 10.8. The first-order valence-corrected chi connectivity index (χ1v) is 7.64. The highest BCUT2D eigenvalue weighted by molar-refractivity contribution is 5.20. The van der Waals surface area contributed by atoms with Crippen molar-refractivity contribution in [1.29, 1.82) is 0 Å². The van der Waals surface area contributed by atoms with Crippen molar-refractivity contribution in [3.05, 3.63) is 47.3 Å². The Balaban J connectivity index is 1.76. The third-order valence-electron chi connectivity index (χ3n) is 3.95. The van der Waals surface area contributed by atoms with Crippen LogP contribution in [0.1, 0.15) is 23.0 Å². The number of aromatic nitrogens is 3. The minimum absolute atomic E-state index is 0.277. The van der Waals surface area contributed by atoms with Gasteiger partial charge >= 0.3 is 0 Å². The predicted octanol–water partition coefficient (Wildman–Crippen LogP) is 1.44. The van der Waals surface area contributed by atoms with Gasteiger partial charge in [0.15, 0.2) is 0 Å². The zero-order valence-electron chi connectivity index (χ0n) is 13.2. The Hall–Kier alpha value is -1.76. The Bertz CT molecular complexity index is 583. The summed E-state index contributed by atoms with van der Waals surface area (Å²) in [7, 11) is 4.08. The average molecular weight is 301 g/mol. The van der Waals surface area contributed by atoms with Gasteiger partial charge in [0, 0.05) is 19.6 Å². The molecule has 0 bridgehead atoms. The van der Waals surface area contributed by atoms with E-state index >= 15 is 0 Å². The van der Waals surface area contributed by atoms with Crippen LogP contribution >= 0.6 is 0 Å². The Morgan fingerprint density at radius 1 is 1.23 bits per heavy atom. The molecule has 1 aromatic carbocycles. The maximum absolute atomic E-state index is 5.69. The number of H-pyrrole nitrogens is 1. The number of nitrogens with one attached hydrogen (secondary N) is 1. The van der Waals surface area contributed by atoms with E-state index in [9.17, 15) is 0 Å². The van der Waals surface area contributed by atoms with Crippen LogP contribution in [0.15, 0.2) is 30.3 Å². The largest absolute Gasteiger partial charge is 0.378 e. The van der Waals surface area contributed by atoms with Gasteiger partial charge in [-0.2, -0.15) is 15.4 Å². The summed E-state index contributed by atoms with van der Waals surface area (Å²) in [6.45, 7) is 4.00. The van der Waals surface area contributed by atoms with Gasteiger partial charge in [0.05, 0.1) is 19.3 Å². The number of morpholine rings is 1. The monoisotopic (exact) mass is 301 g/mol. The molecule has 0 aliphatic carbocycles. The fourth-order valence-corrected chi connectivity index (χ4v) is 2.83. The standard InChI is InChI=1S/C16H23N5O/c1-20(2)10-14-15(18-19-17-14)11-21-8-9-22-12-16(21)13-6-4-3-5-7-13/h3-7,16H,8-12H2,1-2H3,(H,17,18,19)/t16-/m1/s1. The highest BCUT2D eigenvalue weighted by Crippen LogP contribution is 2.25. The first kappa shape index (κ1) is 15.1. The second kappa shape index (κ2) is 7.00. The van der Waals surface area contributed by atoms with E-state index in [2.05, 4.69) is 49.5 Å². The third kappa shape index (κ3) is 3.52. The molecule has 0 radical (unpaired) electrons. The molecule has 0 amide bonds. The van der Waals surface area contributed by atoms with Gasteiger partial charge in [-0.05, 0) is 19.7 Å². The molecule has 1 N–H and O–H groups in total. The molecule has 2 aromatic rings. The van der Waals surface area contributed by atoms with Crippen molar-refractivity contribution in [2.75, 3.05) is 33.9 Å². The van der Waals surface area contributed by atoms with E-state index in [1.165, 1.54) is 5.56 Å². The van der Waals surface area contributed by atoms with Gasteiger partial charge < -0.3 is 9.64 Å². The van der Waals surface area contributed by atoms with E-state index in [0.717, 1.165) is 44.2 Å². The first-order chi connectivity index (χ1) is 10.7. The van der Waals surface area contributed by atoms with E-state index in [1.807, 2.05) is 20.2 Å². The smallest absolute Gasteiger partial charge is 0.101 e. The number of nitrogens with zero attached hydrogens (tertiary/aromatic N) is 4. The molecule has 2 heterocycles. The number of aromatic amines is 1. The van der Waals surface area contributed by atoms with Crippen LogP contribution in [0.5, 0.6) is 0 Å². The lowest BCUT2D eigenvalue weighted by atomic mass is 10.0. The molecule has 0 unspecified atom stereocenters. The number of benzene rings is 1. The molecule has 22 heavy (non-hydrogen) atoms. The molecule has 1 saturated heterocycles. The van der Waals surface area contributed by atoms with E-state index in [0.29, 0.717) is 0 Å². The molecule has 0 saturated carbocycles. The molecule has 3 rings (SSSR count). The van der Waals surface area contributed by atoms with Crippen molar-refractivity contribution in [3.8, 4) is 0 Å². The SMILES string of the molecule is CN(C)Cc1n[nH]nc1CN1CCOC[C@@H]1c1ccccc1. The van der Waals surface area contributed by atoms with Gasteiger partial charge in [-0.1, -0.05) is 30.3 Å². The second-order valence-electron chi connectivity index (χ2n) is 5.93. The maximum atomic E-state index is 5.69. The van der Waals surface area contributed by atoms with E-state index in [-0.39, 0.29) is 6.04 Å². The Kier molecular flexibility index (Phi) is 4.82. The van der Waals surface area contributed by atoms with E-state index in [1.54, 1.807) is 0 Å². The van der Waals surface area contributed by atoms with Gasteiger partial charge in [-0.15, -0.1) is 0 Å². The van der Waals surface area contributed by atoms with Crippen LogP contribution in [0.25, 0.3) is 0 Å². The summed E-state index contributed by atoms with van der Waals surface area (Å²) in [5.41, 5.74) is 3.33. The van der Waals surface area contributed by atoms with Crippen molar-refractivity contribution in [1.82, 2.24) is 25.2 Å². The summed E-state index contributed by atoms with van der Waals surface area (Å²) in [5.74, 6) is 0.